The van der Waals surface area contributed by atoms with Gasteiger partial charge in [-0.3, -0.25) is 0 Å². The van der Waals surface area contributed by atoms with Gasteiger partial charge in [-0.1, -0.05) is 30.2 Å². The smallest absolute Gasteiger partial charge is 0.314 e. The molecule has 1 unspecified atom stereocenters. The van der Waals surface area contributed by atoms with Crippen LogP contribution in [0, 0.1) is 0 Å². The van der Waals surface area contributed by atoms with Crippen LogP contribution in [-0.4, -0.2) is 48.8 Å². The Hall–Kier alpha value is -1.30. The van der Waals surface area contributed by atoms with Crippen LogP contribution in [0.2, 0.25) is 5.02 Å². The zero-order chi connectivity index (χ0) is 15.8. The second-order valence-corrected chi connectivity index (χ2v) is 6.04. The molecule has 1 heterocycles. The molecule has 1 aromatic rings. The van der Waals surface area contributed by atoms with E-state index in [-0.39, 0.29) is 12.6 Å². The van der Waals surface area contributed by atoms with E-state index in [2.05, 4.69) is 15.5 Å². The predicted molar refractivity (Wildman–Crippen MR) is 88.1 cm³/mol. The number of amides is 2. The van der Waals surface area contributed by atoms with Gasteiger partial charge in [0, 0.05) is 24.7 Å². The third-order valence-electron chi connectivity index (χ3n) is 3.87. The van der Waals surface area contributed by atoms with Crippen molar-refractivity contribution in [2.24, 2.45) is 0 Å². The summed E-state index contributed by atoms with van der Waals surface area (Å²) < 4.78 is 0. The molecule has 0 spiro atoms. The normalized spacial score (nSPS) is 17.0. The summed E-state index contributed by atoms with van der Waals surface area (Å²) >= 11 is 5.80. The Morgan fingerprint density at radius 2 is 1.86 bits per heavy atom. The zero-order valence-electron chi connectivity index (χ0n) is 12.7. The van der Waals surface area contributed by atoms with Crippen LogP contribution < -0.4 is 10.6 Å². The monoisotopic (exact) mass is 325 g/mol. The first-order chi connectivity index (χ1) is 10.6. The first-order valence-electron chi connectivity index (χ1n) is 7.83. The average molecular weight is 326 g/mol. The van der Waals surface area contributed by atoms with Gasteiger partial charge in [0.15, 0.2) is 0 Å². The minimum Gasteiger partial charge on any atom is -0.387 e. The highest BCUT2D eigenvalue weighted by Crippen LogP contribution is 2.15. The topological polar surface area (TPSA) is 64.6 Å². The Morgan fingerprint density at radius 3 is 2.55 bits per heavy atom. The molecular formula is C16H24ClN3O2. The van der Waals surface area contributed by atoms with Crippen molar-refractivity contribution < 1.29 is 9.90 Å². The lowest BCUT2D eigenvalue weighted by atomic mass is 10.1. The number of hydrogen-bond donors (Lipinski definition) is 3. The Kier molecular flexibility index (Phi) is 6.96. The fourth-order valence-corrected chi connectivity index (χ4v) is 2.69. The molecule has 1 aliphatic heterocycles. The molecule has 1 aromatic carbocycles. The summed E-state index contributed by atoms with van der Waals surface area (Å²) in [6.07, 6.45) is 3.08. The second kappa shape index (κ2) is 8.98. The number of urea groups is 1. The number of aliphatic hydroxyl groups excluding tert-OH is 1. The highest BCUT2D eigenvalue weighted by atomic mass is 35.5. The number of hydrogen-bond acceptors (Lipinski definition) is 3. The minimum atomic E-state index is -0.731. The summed E-state index contributed by atoms with van der Waals surface area (Å²) in [5, 5.41) is 16.1. The molecule has 1 fully saturated rings. The Labute approximate surface area is 136 Å². The van der Waals surface area contributed by atoms with Gasteiger partial charge in [0.1, 0.15) is 0 Å². The van der Waals surface area contributed by atoms with E-state index in [4.69, 9.17) is 11.6 Å². The van der Waals surface area contributed by atoms with Gasteiger partial charge in [-0.25, -0.2) is 4.79 Å². The van der Waals surface area contributed by atoms with E-state index in [0.717, 1.165) is 25.2 Å². The largest absolute Gasteiger partial charge is 0.387 e. The molecule has 5 nitrogen and oxygen atoms in total. The first-order valence-corrected chi connectivity index (χ1v) is 8.20. The number of carbonyl (C=O) groups is 1. The van der Waals surface area contributed by atoms with Crippen molar-refractivity contribution in [1.29, 1.82) is 0 Å². The Morgan fingerprint density at radius 1 is 1.18 bits per heavy atom. The first kappa shape index (κ1) is 17.1. The van der Waals surface area contributed by atoms with Crippen molar-refractivity contribution in [3.8, 4) is 0 Å². The van der Waals surface area contributed by atoms with Crippen LogP contribution in [0.15, 0.2) is 24.3 Å². The number of benzene rings is 1. The van der Waals surface area contributed by atoms with E-state index in [0.29, 0.717) is 11.6 Å². The van der Waals surface area contributed by atoms with E-state index < -0.39 is 6.10 Å². The minimum absolute atomic E-state index is 0.178. The molecule has 1 saturated heterocycles. The van der Waals surface area contributed by atoms with Crippen molar-refractivity contribution in [2.45, 2.75) is 25.4 Å². The molecular weight excluding hydrogens is 302 g/mol. The average Bonchev–Trinajstić information content (AvgIpc) is 2.54. The fraction of sp³-hybridized carbons (Fsp3) is 0.562. The van der Waals surface area contributed by atoms with Crippen LogP contribution in [0.25, 0.3) is 0 Å². The number of rotatable bonds is 6. The number of piperidine rings is 1. The number of carbonyl (C=O) groups excluding carboxylic acids is 1. The quantitative estimate of drug-likeness (QED) is 0.751. The van der Waals surface area contributed by atoms with Crippen LogP contribution in [0.1, 0.15) is 30.9 Å². The number of aliphatic hydroxyl groups is 1. The van der Waals surface area contributed by atoms with Crippen molar-refractivity contribution in [3.63, 3.8) is 0 Å². The van der Waals surface area contributed by atoms with Gasteiger partial charge in [0.05, 0.1) is 6.10 Å². The molecule has 3 N–H and O–H groups in total. The van der Waals surface area contributed by atoms with Gasteiger partial charge in [0.25, 0.3) is 0 Å². The van der Waals surface area contributed by atoms with Crippen molar-refractivity contribution in [1.82, 2.24) is 15.5 Å². The van der Waals surface area contributed by atoms with Crippen LogP contribution in [0.5, 0.6) is 0 Å². The van der Waals surface area contributed by atoms with Crippen LogP contribution in [-0.2, 0) is 0 Å². The summed E-state index contributed by atoms with van der Waals surface area (Å²) in [5.74, 6) is 0. The Bertz CT molecular complexity index is 461. The maximum Gasteiger partial charge on any atom is 0.314 e. The van der Waals surface area contributed by atoms with E-state index in [9.17, 15) is 9.90 Å². The summed E-state index contributed by atoms with van der Waals surface area (Å²) in [5.41, 5.74) is 0.734. The van der Waals surface area contributed by atoms with Crippen molar-refractivity contribution in [2.75, 3.05) is 32.7 Å². The lowest BCUT2D eigenvalue weighted by Crippen LogP contribution is -2.42. The molecule has 122 valence electrons. The number of nitrogens with zero attached hydrogens (tertiary/aromatic N) is 1. The SMILES string of the molecule is O=C(NCCN1CCCCC1)NCC(O)c1ccc(Cl)cc1. The second-order valence-electron chi connectivity index (χ2n) is 5.61. The van der Waals surface area contributed by atoms with Gasteiger partial charge < -0.3 is 20.6 Å². The van der Waals surface area contributed by atoms with E-state index >= 15 is 0 Å². The van der Waals surface area contributed by atoms with E-state index in [1.807, 2.05) is 0 Å². The fourth-order valence-electron chi connectivity index (χ4n) is 2.57. The third kappa shape index (κ3) is 5.83. The predicted octanol–water partition coefficient (Wildman–Crippen LogP) is 2.16. The molecule has 1 atom stereocenters. The lowest BCUT2D eigenvalue weighted by Gasteiger charge is -2.26. The third-order valence-corrected chi connectivity index (χ3v) is 4.12. The Balaban J connectivity index is 1.61. The number of likely N-dealkylation sites (tertiary alicyclic amines) is 1. The molecule has 0 saturated carbocycles. The molecule has 22 heavy (non-hydrogen) atoms. The highest BCUT2D eigenvalue weighted by molar-refractivity contribution is 6.30. The van der Waals surface area contributed by atoms with Crippen molar-refractivity contribution in [3.05, 3.63) is 34.9 Å². The van der Waals surface area contributed by atoms with Crippen molar-refractivity contribution >= 4 is 17.6 Å². The van der Waals surface area contributed by atoms with E-state index in [1.165, 1.54) is 19.3 Å². The number of nitrogens with one attached hydrogen (secondary N) is 2. The van der Waals surface area contributed by atoms with Gasteiger partial charge in [0.2, 0.25) is 0 Å². The maximum atomic E-state index is 11.7. The lowest BCUT2D eigenvalue weighted by molar-refractivity contribution is 0.172. The molecule has 0 bridgehead atoms. The van der Waals surface area contributed by atoms with Gasteiger partial charge in [-0.15, -0.1) is 0 Å². The summed E-state index contributed by atoms with van der Waals surface area (Å²) in [4.78, 5) is 14.1. The molecule has 6 heteroatoms. The molecule has 2 amide bonds. The standard InChI is InChI=1S/C16H24ClN3O2/c17-14-6-4-13(5-7-14)15(21)12-19-16(22)18-8-11-20-9-2-1-3-10-20/h4-7,15,21H,1-3,8-12H2,(H2,18,19,22). The molecule has 0 radical (unpaired) electrons. The van der Waals surface area contributed by atoms with E-state index in [1.54, 1.807) is 24.3 Å². The molecule has 2 rings (SSSR count). The van der Waals surface area contributed by atoms with Gasteiger partial charge in [-0.2, -0.15) is 0 Å². The van der Waals surface area contributed by atoms with Crippen LogP contribution in [0.4, 0.5) is 4.79 Å². The molecule has 0 aliphatic carbocycles. The summed E-state index contributed by atoms with van der Waals surface area (Å²) in [7, 11) is 0. The molecule has 1 aliphatic rings. The maximum absolute atomic E-state index is 11.7. The summed E-state index contributed by atoms with van der Waals surface area (Å²) in [6, 6.07) is 6.70. The zero-order valence-corrected chi connectivity index (χ0v) is 13.5. The highest BCUT2D eigenvalue weighted by Gasteiger charge is 2.11. The number of halogens is 1. The van der Waals surface area contributed by atoms with Crippen LogP contribution in [0.3, 0.4) is 0 Å². The van der Waals surface area contributed by atoms with Gasteiger partial charge >= 0.3 is 6.03 Å². The molecule has 0 aromatic heterocycles. The van der Waals surface area contributed by atoms with Crippen LogP contribution >= 0.6 is 11.6 Å². The van der Waals surface area contributed by atoms with Gasteiger partial charge in [-0.05, 0) is 43.6 Å². The summed E-state index contributed by atoms with van der Waals surface area (Å²) in [6.45, 7) is 3.93.